The molecule has 12 nitrogen and oxygen atoms in total. The van der Waals surface area contributed by atoms with E-state index >= 15 is 0 Å². The quantitative estimate of drug-likeness (QED) is 0.233. The first-order valence-electron chi connectivity index (χ1n) is 14.9. The van der Waals surface area contributed by atoms with Crippen LogP contribution in [-0.4, -0.2) is 88.2 Å². The minimum atomic E-state index is -5.08. The number of carbonyl (C=O) groups is 4. The average molecular weight is 703 g/mol. The molecule has 1 fully saturated rings. The van der Waals surface area contributed by atoms with E-state index in [9.17, 15) is 35.9 Å². The van der Waals surface area contributed by atoms with Crippen molar-refractivity contribution in [3.63, 3.8) is 0 Å². The van der Waals surface area contributed by atoms with Gasteiger partial charge in [-0.25, -0.2) is 14.6 Å². The van der Waals surface area contributed by atoms with Crippen LogP contribution in [0.15, 0.2) is 47.2 Å². The van der Waals surface area contributed by atoms with Gasteiger partial charge in [-0.2, -0.15) is 26.3 Å². The largest absolute Gasteiger partial charge is 0.490 e. The van der Waals surface area contributed by atoms with Crippen LogP contribution >= 0.6 is 0 Å². The summed E-state index contributed by atoms with van der Waals surface area (Å²) in [5, 5.41) is 20.6. The number of pyridine rings is 1. The van der Waals surface area contributed by atoms with Gasteiger partial charge in [0.15, 0.2) is 0 Å². The fourth-order valence-electron chi connectivity index (χ4n) is 4.62. The summed E-state index contributed by atoms with van der Waals surface area (Å²) >= 11 is 0. The van der Waals surface area contributed by atoms with E-state index < -0.39 is 24.3 Å². The Morgan fingerprint density at radius 1 is 0.980 bits per heavy atom. The molecule has 0 radical (unpaired) electrons. The lowest BCUT2D eigenvalue weighted by molar-refractivity contribution is -0.193. The van der Waals surface area contributed by atoms with Gasteiger partial charge >= 0.3 is 24.3 Å². The van der Waals surface area contributed by atoms with Gasteiger partial charge in [-0.3, -0.25) is 14.6 Å². The number of aromatic nitrogens is 1. The van der Waals surface area contributed by atoms with E-state index in [1.54, 1.807) is 18.3 Å². The topological polar surface area (TPSA) is 187 Å². The number of anilines is 1. The van der Waals surface area contributed by atoms with E-state index in [-0.39, 0.29) is 18.2 Å². The average Bonchev–Trinajstić information content (AvgIpc) is 3.50. The van der Waals surface area contributed by atoms with Crippen LogP contribution < -0.4 is 16.4 Å². The number of alkyl halides is 6. The van der Waals surface area contributed by atoms with Crippen molar-refractivity contribution in [2.75, 3.05) is 31.5 Å². The van der Waals surface area contributed by atoms with Crippen molar-refractivity contribution in [1.82, 2.24) is 15.2 Å². The summed E-state index contributed by atoms with van der Waals surface area (Å²) in [5.74, 6) is -4.99. The molecule has 268 valence electrons. The second kappa shape index (κ2) is 18.0. The zero-order chi connectivity index (χ0) is 36.9. The molecule has 2 amide bonds. The van der Waals surface area contributed by atoms with Gasteiger partial charge in [0, 0.05) is 49.0 Å². The van der Waals surface area contributed by atoms with E-state index in [4.69, 9.17) is 25.5 Å². The molecule has 2 aliphatic rings. The number of aliphatic imine (C=N–C) groups is 1. The summed E-state index contributed by atoms with van der Waals surface area (Å²) in [4.78, 5) is 54.6. The molecule has 0 bridgehead atoms. The standard InChI is InChI=1S/C27H34N6O2.2C2HF3O2/c1-3-9-33(10-4-2)27(35)21-11-18-5-6-19(13-24(18)32-25(28)14-21)26(34)31-23-12-22(16-30-17-23)20-7-8-29-15-20;2*3-2(4,5)1(6)7/h5-6,11-13,16-17,20,29H,3-4,7-10,14-15H2,1-2H3,(H2,28,32)(H,31,34);2*(H,6,7). The van der Waals surface area contributed by atoms with Crippen LogP contribution in [0.1, 0.15) is 66.9 Å². The molecular weight excluding hydrogens is 666 g/mol. The Morgan fingerprint density at radius 3 is 2.08 bits per heavy atom. The zero-order valence-electron chi connectivity index (χ0n) is 26.5. The lowest BCUT2D eigenvalue weighted by Crippen LogP contribution is -2.34. The van der Waals surface area contributed by atoms with Gasteiger partial charge in [0.1, 0.15) is 5.84 Å². The number of rotatable bonds is 8. The normalized spacial score (nSPS) is 15.5. The van der Waals surface area contributed by atoms with Gasteiger partial charge in [0.05, 0.1) is 17.6 Å². The number of amidine groups is 1. The third-order valence-electron chi connectivity index (χ3n) is 6.84. The molecular formula is C31H36F6N6O6. The lowest BCUT2D eigenvalue weighted by Gasteiger charge is -2.22. The maximum Gasteiger partial charge on any atom is 0.490 e. The van der Waals surface area contributed by atoms with Crippen LogP contribution in [0.25, 0.3) is 6.08 Å². The van der Waals surface area contributed by atoms with Crippen LogP contribution in [-0.2, 0) is 14.4 Å². The molecule has 1 atom stereocenters. The summed E-state index contributed by atoms with van der Waals surface area (Å²) in [6, 6.07) is 7.27. The fraction of sp³-hybridized carbons (Fsp3) is 0.419. The van der Waals surface area contributed by atoms with Crippen LogP contribution in [0.2, 0.25) is 0 Å². The summed E-state index contributed by atoms with van der Waals surface area (Å²) in [6.45, 7) is 7.47. The highest BCUT2D eigenvalue weighted by molar-refractivity contribution is 6.07. The van der Waals surface area contributed by atoms with Crippen LogP contribution in [0.5, 0.6) is 0 Å². The highest BCUT2D eigenvalue weighted by atomic mass is 19.4. The number of aliphatic carboxylic acids is 2. The van der Waals surface area contributed by atoms with Crippen molar-refractivity contribution in [2.24, 2.45) is 10.7 Å². The molecule has 0 saturated carbocycles. The minimum Gasteiger partial charge on any atom is -0.475 e. The Morgan fingerprint density at radius 2 is 1.57 bits per heavy atom. The molecule has 1 aromatic heterocycles. The molecule has 18 heteroatoms. The molecule has 6 N–H and O–H groups in total. The van der Waals surface area contributed by atoms with E-state index in [0.29, 0.717) is 47.4 Å². The van der Waals surface area contributed by atoms with Gasteiger partial charge in [0.2, 0.25) is 5.91 Å². The molecule has 1 unspecified atom stereocenters. The molecule has 49 heavy (non-hydrogen) atoms. The Kier molecular flexibility index (Phi) is 14.7. The first kappa shape index (κ1) is 40.2. The van der Waals surface area contributed by atoms with E-state index in [2.05, 4.69) is 34.5 Å². The molecule has 1 saturated heterocycles. The maximum absolute atomic E-state index is 13.2. The van der Waals surface area contributed by atoms with Gasteiger partial charge in [-0.15, -0.1) is 0 Å². The number of carbonyl (C=O) groups excluding carboxylic acids is 2. The molecule has 2 aliphatic heterocycles. The monoisotopic (exact) mass is 702 g/mol. The summed E-state index contributed by atoms with van der Waals surface area (Å²) in [7, 11) is 0. The SMILES string of the molecule is CCCN(CCC)C(=O)C1=Cc2ccc(C(=O)Nc3cncc(C4CCNC4)c3)cc2N=C(N)C1.O=C(O)C(F)(F)F.O=C(O)C(F)(F)F. The van der Waals surface area contributed by atoms with Crippen molar-refractivity contribution in [2.45, 2.75) is 57.8 Å². The summed E-state index contributed by atoms with van der Waals surface area (Å²) in [5.41, 5.74) is 10.4. The van der Waals surface area contributed by atoms with Crippen LogP contribution in [0, 0.1) is 0 Å². The highest BCUT2D eigenvalue weighted by Crippen LogP contribution is 2.29. The second-order valence-corrected chi connectivity index (χ2v) is 10.8. The molecule has 4 rings (SSSR count). The number of hydrogen-bond donors (Lipinski definition) is 5. The van der Waals surface area contributed by atoms with Gasteiger partial charge < -0.3 is 31.5 Å². The number of nitrogens with zero attached hydrogens (tertiary/aromatic N) is 3. The zero-order valence-corrected chi connectivity index (χ0v) is 26.5. The van der Waals surface area contributed by atoms with Crippen molar-refractivity contribution in [3.05, 3.63) is 58.9 Å². The van der Waals surface area contributed by atoms with Gasteiger partial charge in [0.25, 0.3) is 5.91 Å². The number of nitrogens with two attached hydrogens (primary N) is 1. The number of amides is 2. The first-order chi connectivity index (χ1) is 22.9. The number of nitrogens with one attached hydrogen (secondary N) is 2. The molecule has 2 aromatic rings. The molecule has 0 spiro atoms. The van der Waals surface area contributed by atoms with E-state index in [0.717, 1.165) is 43.5 Å². The summed E-state index contributed by atoms with van der Waals surface area (Å²) in [6.07, 6.45) is -1.66. The predicted molar refractivity (Wildman–Crippen MR) is 167 cm³/mol. The Hall–Kier alpha value is -5.00. The Bertz CT molecular complexity index is 1520. The van der Waals surface area contributed by atoms with E-state index in [1.807, 2.05) is 29.3 Å². The number of hydrogen-bond acceptors (Lipinski definition) is 8. The molecule has 0 aliphatic carbocycles. The predicted octanol–water partition coefficient (Wildman–Crippen LogP) is 5.10. The van der Waals surface area contributed by atoms with Crippen LogP contribution in [0.4, 0.5) is 37.7 Å². The second-order valence-electron chi connectivity index (χ2n) is 10.8. The number of carboxylic acid groups (broad SMARTS) is 2. The third kappa shape index (κ3) is 12.9. The first-order valence-corrected chi connectivity index (χ1v) is 14.9. The number of fused-ring (bicyclic) bond motifs is 1. The third-order valence-corrected chi connectivity index (χ3v) is 6.84. The van der Waals surface area contributed by atoms with Gasteiger partial charge in [-0.1, -0.05) is 19.9 Å². The van der Waals surface area contributed by atoms with Crippen molar-refractivity contribution in [3.8, 4) is 0 Å². The lowest BCUT2D eigenvalue weighted by atomic mass is 10.00. The van der Waals surface area contributed by atoms with Crippen molar-refractivity contribution >= 4 is 47.0 Å². The fourth-order valence-corrected chi connectivity index (χ4v) is 4.62. The Balaban J connectivity index is 0.000000500. The Labute approximate surface area is 277 Å². The highest BCUT2D eigenvalue weighted by Gasteiger charge is 2.39. The number of benzene rings is 1. The maximum atomic E-state index is 13.2. The van der Waals surface area contributed by atoms with E-state index in [1.165, 1.54) is 0 Å². The molecule has 3 heterocycles. The summed E-state index contributed by atoms with van der Waals surface area (Å²) < 4.78 is 63.5. The smallest absolute Gasteiger partial charge is 0.475 e. The number of halogens is 6. The molecule has 1 aromatic carbocycles. The minimum absolute atomic E-state index is 0.00800. The van der Waals surface area contributed by atoms with Crippen molar-refractivity contribution < 1.29 is 55.7 Å². The number of carboxylic acids is 2. The van der Waals surface area contributed by atoms with Crippen molar-refractivity contribution in [1.29, 1.82) is 0 Å². The van der Waals surface area contributed by atoms with Crippen LogP contribution in [0.3, 0.4) is 0 Å². The van der Waals surface area contributed by atoms with Gasteiger partial charge in [-0.05, 0) is 61.6 Å².